The summed E-state index contributed by atoms with van der Waals surface area (Å²) >= 11 is 7.02. The lowest BCUT2D eigenvalue weighted by Crippen LogP contribution is -2.15. The number of nitrogens with one attached hydrogen (secondary N) is 1. The monoisotopic (exact) mass is 284 g/mol. The van der Waals surface area contributed by atoms with Crippen molar-refractivity contribution in [3.05, 3.63) is 28.5 Å². The highest BCUT2D eigenvalue weighted by Gasteiger charge is 2.14. The lowest BCUT2D eigenvalue weighted by molar-refractivity contribution is 0.101. The zero-order chi connectivity index (χ0) is 13.1. The predicted molar refractivity (Wildman–Crippen MR) is 72.2 cm³/mol. The van der Waals surface area contributed by atoms with Crippen LogP contribution in [0.2, 0.25) is 0 Å². The van der Waals surface area contributed by atoms with Gasteiger partial charge in [0, 0.05) is 12.4 Å². The van der Waals surface area contributed by atoms with Gasteiger partial charge in [0.1, 0.15) is 5.69 Å². The van der Waals surface area contributed by atoms with Gasteiger partial charge in [0.2, 0.25) is 0 Å². The van der Waals surface area contributed by atoms with Crippen molar-refractivity contribution in [2.45, 2.75) is 19.2 Å². The zero-order valence-corrected chi connectivity index (χ0v) is 11.7. The van der Waals surface area contributed by atoms with E-state index in [4.69, 9.17) is 11.6 Å². The third-order valence-corrected chi connectivity index (χ3v) is 3.51. The molecule has 0 unspecified atom stereocenters. The van der Waals surface area contributed by atoms with Gasteiger partial charge < -0.3 is 0 Å². The van der Waals surface area contributed by atoms with Gasteiger partial charge in [-0.15, -0.1) is 22.9 Å². The molecule has 2 aromatic rings. The number of thiazole rings is 1. The van der Waals surface area contributed by atoms with E-state index in [2.05, 4.69) is 15.4 Å². The Hall–Kier alpha value is -1.40. The summed E-state index contributed by atoms with van der Waals surface area (Å²) in [6.07, 6.45) is 0.800. The maximum absolute atomic E-state index is 12.0. The summed E-state index contributed by atoms with van der Waals surface area (Å²) in [6, 6.07) is 1.78. The van der Waals surface area contributed by atoms with Crippen molar-refractivity contribution in [3.63, 3.8) is 0 Å². The number of nitrogens with zero attached hydrogens (tertiary/aromatic N) is 3. The first-order valence-electron chi connectivity index (χ1n) is 5.48. The Morgan fingerprint density at radius 1 is 1.56 bits per heavy atom. The fourth-order valence-electron chi connectivity index (χ4n) is 1.50. The van der Waals surface area contributed by atoms with Crippen LogP contribution in [0.5, 0.6) is 0 Å². The number of aryl methyl sites for hydroxylation is 2. The van der Waals surface area contributed by atoms with Crippen molar-refractivity contribution in [2.24, 2.45) is 7.05 Å². The van der Waals surface area contributed by atoms with Crippen molar-refractivity contribution in [1.82, 2.24) is 14.8 Å². The predicted octanol–water partition coefficient (Wildman–Crippen LogP) is 2.43. The molecule has 1 amide bonds. The van der Waals surface area contributed by atoms with Gasteiger partial charge in [-0.3, -0.25) is 14.8 Å². The highest BCUT2D eigenvalue weighted by atomic mass is 35.5. The zero-order valence-electron chi connectivity index (χ0n) is 10.1. The minimum absolute atomic E-state index is 0.208. The smallest absolute Gasteiger partial charge is 0.275 e. The van der Waals surface area contributed by atoms with Gasteiger partial charge in [0.05, 0.1) is 17.3 Å². The fourth-order valence-corrected chi connectivity index (χ4v) is 2.43. The molecule has 0 saturated carbocycles. The molecule has 0 aliphatic rings. The van der Waals surface area contributed by atoms with Crippen molar-refractivity contribution >= 4 is 34.0 Å². The van der Waals surface area contributed by atoms with Gasteiger partial charge in [-0.1, -0.05) is 6.92 Å². The summed E-state index contributed by atoms with van der Waals surface area (Å²) in [6.45, 7) is 2.00. The second kappa shape index (κ2) is 5.49. The summed E-state index contributed by atoms with van der Waals surface area (Å²) in [4.78, 5) is 16.2. The molecule has 0 fully saturated rings. The first kappa shape index (κ1) is 13.0. The summed E-state index contributed by atoms with van der Waals surface area (Å²) in [5.41, 5.74) is 2.17. The Bertz CT molecular complexity index is 563. The number of rotatable bonds is 4. The number of halogens is 1. The number of hydrogen-bond acceptors (Lipinski definition) is 4. The molecule has 2 aromatic heterocycles. The van der Waals surface area contributed by atoms with Gasteiger partial charge in [-0.25, -0.2) is 4.98 Å². The van der Waals surface area contributed by atoms with Crippen LogP contribution < -0.4 is 5.32 Å². The van der Waals surface area contributed by atoms with E-state index in [0.717, 1.165) is 17.8 Å². The SMILES string of the molecule is CCc1cc(C(=O)Nc2nc(CCl)cs2)n(C)n1. The molecule has 1 N–H and O–H groups in total. The summed E-state index contributed by atoms with van der Waals surface area (Å²) in [5.74, 6) is 0.137. The van der Waals surface area contributed by atoms with E-state index in [1.165, 1.54) is 11.3 Å². The van der Waals surface area contributed by atoms with Crippen LogP contribution in [0.25, 0.3) is 0 Å². The van der Waals surface area contributed by atoms with E-state index < -0.39 is 0 Å². The summed E-state index contributed by atoms with van der Waals surface area (Å²) < 4.78 is 1.57. The third kappa shape index (κ3) is 2.70. The molecule has 96 valence electrons. The first-order valence-corrected chi connectivity index (χ1v) is 6.90. The van der Waals surface area contributed by atoms with Gasteiger partial charge in [0.25, 0.3) is 5.91 Å². The van der Waals surface area contributed by atoms with Crippen LogP contribution in [-0.4, -0.2) is 20.7 Å². The Morgan fingerprint density at radius 3 is 2.89 bits per heavy atom. The summed E-state index contributed by atoms with van der Waals surface area (Å²) in [7, 11) is 1.75. The molecular formula is C11H13ClN4OS. The molecule has 0 bridgehead atoms. The number of hydrogen-bond donors (Lipinski definition) is 1. The van der Waals surface area contributed by atoms with Crippen LogP contribution in [0.1, 0.15) is 28.8 Å². The minimum Gasteiger partial charge on any atom is -0.296 e. The Morgan fingerprint density at radius 2 is 2.33 bits per heavy atom. The van der Waals surface area contributed by atoms with E-state index in [1.54, 1.807) is 17.8 Å². The molecule has 0 saturated heterocycles. The van der Waals surface area contributed by atoms with E-state index in [1.807, 2.05) is 12.3 Å². The van der Waals surface area contributed by atoms with Crippen LogP contribution in [-0.2, 0) is 19.3 Å². The number of carbonyl (C=O) groups excluding carboxylic acids is 1. The van der Waals surface area contributed by atoms with Crippen molar-refractivity contribution in [3.8, 4) is 0 Å². The molecule has 7 heteroatoms. The third-order valence-electron chi connectivity index (χ3n) is 2.43. The molecule has 0 atom stereocenters. The number of anilines is 1. The van der Waals surface area contributed by atoms with Gasteiger partial charge in [-0.2, -0.15) is 5.10 Å². The van der Waals surface area contributed by atoms with E-state index in [0.29, 0.717) is 16.7 Å². The van der Waals surface area contributed by atoms with Crippen molar-refractivity contribution < 1.29 is 4.79 Å². The molecule has 0 aliphatic heterocycles. The minimum atomic E-state index is -0.208. The van der Waals surface area contributed by atoms with Crippen LogP contribution >= 0.6 is 22.9 Å². The Labute approximate surface area is 114 Å². The quantitative estimate of drug-likeness (QED) is 0.877. The molecule has 5 nitrogen and oxygen atoms in total. The normalized spacial score (nSPS) is 10.6. The topological polar surface area (TPSA) is 59.8 Å². The van der Waals surface area contributed by atoms with Crippen LogP contribution in [0, 0.1) is 0 Å². The molecule has 2 heterocycles. The van der Waals surface area contributed by atoms with E-state index in [-0.39, 0.29) is 5.91 Å². The molecular weight excluding hydrogens is 272 g/mol. The van der Waals surface area contributed by atoms with Crippen LogP contribution in [0.4, 0.5) is 5.13 Å². The standard InChI is InChI=1S/C11H13ClN4OS/c1-3-7-4-9(16(2)15-7)10(17)14-11-13-8(5-12)6-18-11/h4,6H,3,5H2,1-2H3,(H,13,14,17). The molecule has 2 rings (SSSR count). The molecule has 18 heavy (non-hydrogen) atoms. The average Bonchev–Trinajstić information content (AvgIpc) is 2.95. The second-order valence-electron chi connectivity index (χ2n) is 3.73. The maximum atomic E-state index is 12.0. The van der Waals surface area contributed by atoms with Crippen molar-refractivity contribution in [1.29, 1.82) is 0 Å². The van der Waals surface area contributed by atoms with Gasteiger partial charge in [0.15, 0.2) is 5.13 Å². The van der Waals surface area contributed by atoms with E-state index in [9.17, 15) is 4.79 Å². The highest BCUT2D eigenvalue weighted by Crippen LogP contribution is 2.17. The molecule has 0 aliphatic carbocycles. The number of aromatic nitrogens is 3. The largest absolute Gasteiger partial charge is 0.296 e. The van der Waals surface area contributed by atoms with Crippen LogP contribution in [0.15, 0.2) is 11.4 Å². The second-order valence-corrected chi connectivity index (χ2v) is 4.86. The first-order chi connectivity index (χ1) is 8.63. The van der Waals surface area contributed by atoms with Gasteiger partial charge >= 0.3 is 0 Å². The molecule has 0 spiro atoms. The Balaban J connectivity index is 2.13. The molecule has 0 radical (unpaired) electrons. The lowest BCUT2D eigenvalue weighted by atomic mass is 10.3. The van der Waals surface area contributed by atoms with Crippen LogP contribution in [0.3, 0.4) is 0 Å². The fraction of sp³-hybridized carbons (Fsp3) is 0.364. The number of carbonyl (C=O) groups is 1. The van der Waals surface area contributed by atoms with E-state index >= 15 is 0 Å². The highest BCUT2D eigenvalue weighted by molar-refractivity contribution is 7.14. The van der Waals surface area contributed by atoms with Crippen molar-refractivity contribution in [2.75, 3.05) is 5.32 Å². The lowest BCUT2D eigenvalue weighted by Gasteiger charge is -2.01. The number of alkyl halides is 1. The average molecular weight is 285 g/mol. The molecule has 0 aromatic carbocycles. The van der Waals surface area contributed by atoms with Gasteiger partial charge in [-0.05, 0) is 12.5 Å². The Kier molecular flexibility index (Phi) is 3.98. The summed E-state index contributed by atoms with van der Waals surface area (Å²) in [5, 5.41) is 9.34. The maximum Gasteiger partial charge on any atom is 0.275 e. The number of amides is 1.